The van der Waals surface area contributed by atoms with E-state index in [4.69, 9.17) is 4.42 Å². The molecule has 0 unspecified atom stereocenters. The molecule has 1 N–H and O–H groups in total. The van der Waals surface area contributed by atoms with Crippen molar-refractivity contribution < 1.29 is 9.21 Å². The van der Waals surface area contributed by atoms with Crippen LogP contribution in [0.1, 0.15) is 23.3 Å². The lowest BCUT2D eigenvalue weighted by Crippen LogP contribution is -2.12. The Morgan fingerprint density at radius 1 is 0.958 bits per heavy atom. The fourth-order valence-corrected chi connectivity index (χ4v) is 2.78. The number of anilines is 1. The van der Waals surface area contributed by atoms with Gasteiger partial charge in [-0.25, -0.2) is 0 Å². The lowest BCUT2D eigenvalue weighted by atomic mass is 10.1. The quantitative estimate of drug-likeness (QED) is 0.708. The fraction of sp³-hybridized carbons (Fsp3) is 0.190. The molecule has 0 atom stereocenters. The van der Waals surface area contributed by atoms with Crippen LogP contribution in [0.3, 0.4) is 0 Å². The summed E-state index contributed by atoms with van der Waals surface area (Å²) < 4.78 is 5.83. The number of carbonyl (C=O) groups excluding carboxylic acids is 1. The summed E-state index contributed by atoms with van der Waals surface area (Å²) in [7, 11) is 0. The number of carbonyl (C=O) groups is 1. The number of benzene rings is 2. The van der Waals surface area contributed by atoms with E-state index in [0.29, 0.717) is 12.8 Å². The maximum absolute atomic E-state index is 12.1. The van der Waals surface area contributed by atoms with Crippen molar-refractivity contribution in [3.63, 3.8) is 0 Å². The molecule has 122 valence electrons. The minimum atomic E-state index is -0.00217. The summed E-state index contributed by atoms with van der Waals surface area (Å²) >= 11 is 0. The Kier molecular flexibility index (Phi) is 4.80. The Morgan fingerprint density at radius 3 is 2.38 bits per heavy atom. The van der Waals surface area contributed by atoms with Crippen LogP contribution in [0.2, 0.25) is 0 Å². The number of hydrogen-bond donors (Lipinski definition) is 1. The minimum Gasteiger partial charge on any atom is -0.461 e. The Hall–Kier alpha value is -2.81. The van der Waals surface area contributed by atoms with E-state index in [2.05, 4.69) is 11.4 Å². The average molecular weight is 319 g/mol. The Balaban J connectivity index is 1.58. The van der Waals surface area contributed by atoms with Gasteiger partial charge in [-0.05, 0) is 49.2 Å². The Labute approximate surface area is 142 Å². The molecule has 0 aliphatic heterocycles. The van der Waals surface area contributed by atoms with Gasteiger partial charge in [0.25, 0.3) is 0 Å². The summed E-state index contributed by atoms with van der Waals surface area (Å²) in [5.74, 6) is 1.66. The van der Waals surface area contributed by atoms with Gasteiger partial charge in [0.2, 0.25) is 5.91 Å². The van der Waals surface area contributed by atoms with Gasteiger partial charge in [0.05, 0.1) is 0 Å². The summed E-state index contributed by atoms with van der Waals surface area (Å²) in [5.41, 5.74) is 4.18. The number of nitrogens with one attached hydrogen (secondary N) is 1. The molecule has 2 aromatic carbocycles. The molecule has 1 amide bonds. The molecule has 1 heterocycles. The molecule has 3 heteroatoms. The van der Waals surface area contributed by atoms with Crippen LogP contribution in [-0.2, 0) is 11.2 Å². The molecular weight excluding hydrogens is 298 g/mol. The van der Waals surface area contributed by atoms with Crippen LogP contribution in [0.15, 0.2) is 65.1 Å². The van der Waals surface area contributed by atoms with E-state index in [1.165, 1.54) is 0 Å². The van der Waals surface area contributed by atoms with E-state index < -0.39 is 0 Å². The average Bonchev–Trinajstić information content (AvgIpc) is 3.02. The molecule has 0 aliphatic rings. The van der Waals surface area contributed by atoms with E-state index in [1.807, 2.05) is 68.4 Å². The third-order valence-corrected chi connectivity index (χ3v) is 3.82. The van der Waals surface area contributed by atoms with Crippen molar-refractivity contribution in [2.45, 2.75) is 26.7 Å². The molecule has 3 nitrogen and oxygen atoms in total. The Bertz CT molecular complexity index is 814. The maximum atomic E-state index is 12.1. The fourth-order valence-electron chi connectivity index (χ4n) is 2.78. The molecule has 0 saturated carbocycles. The second-order valence-corrected chi connectivity index (χ2v) is 6.06. The van der Waals surface area contributed by atoms with Crippen molar-refractivity contribution in [2.24, 2.45) is 0 Å². The second kappa shape index (κ2) is 7.18. The van der Waals surface area contributed by atoms with Crippen LogP contribution in [0.4, 0.5) is 5.69 Å². The van der Waals surface area contributed by atoms with E-state index in [9.17, 15) is 4.79 Å². The zero-order valence-corrected chi connectivity index (χ0v) is 14.0. The van der Waals surface area contributed by atoms with Crippen molar-refractivity contribution in [3.8, 4) is 11.3 Å². The van der Waals surface area contributed by atoms with Crippen LogP contribution in [0.5, 0.6) is 0 Å². The largest absolute Gasteiger partial charge is 0.461 e. The van der Waals surface area contributed by atoms with Gasteiger partial charge in [-0.1, -0.05) is 36.4 Å². The second-order valence-electron chi connectivity index (χ2n) is 6.06. The molecular formula is C21H21NO2. The SMILES string of the molecule is Cc1cc(C)cc(NC(=O)CCc2ccc(-c3ccccc3)o2)c1. The van der Waals surface area contributed by atoms with Crippen molar-refractivity contribution in [1.82, 2.24) is 0 Å². The van der Waals surface area contributed by atoms with Gasteiger partial charge in [-0.15, -0.1) is 0 Å². The number of aryl methyl sites for hydroxylation is 3. The van der Waals surface area contributed by atoms with Gasteiger partial charge >= 0.3 is 0 Å². The monoisotopic (exact) mass is 319 g/mol. The lowest BCUT2D eigenvalue weighted by Gasteiger charge is -2.07. The van der Waals surface area contributed by atoms with Gasteiger partial charge < -0.3 is 9.73 Å². The predicted octanol–water partition coefficient (Wildman–Crippen LogP) is 5.13. The smallest absolute Gasteiger partial charge is 0.224 e. The number of hydrogen-bond acceptors (Lipinski definition) is 2. The molecule has 0 fully saturated rings. The first-order valence-corrected chi connectivity index (χ1v) is 8.12. The molecule has 0 spiro atoms. The van der Waals surface area contributed by atoms with E-state index in [-0.39, 0.29) is 5.91 Å². The molecule has 3 aromatic rings. The van der Waals surface area contributed by atoms with Gasteiger partial charge in [0, 0.05) is 24.1 Å². The van der Waals surface area contributed by atoms with Gasteiger partial charge in [-0.2, -0.15) is 0 Å². The first kappa shape index (κ1) is 16.1. The molecule has 0 radical (unpaired) electrons. The van der Waals surface area contributed by atoms with E-state index in [1.54, 1.807) is 0 Å². The van der Waals surface area contributed by atoms with Crippen molar-refractivity contribution in [2.75, 3.05) is 5.32 Å². The van der Waals surface area contributed by atoms with Crippen molar-refractivity contribution >= 4 is 11.6 Å². The van der Waals surface area contributed by atoms with Crippen LogP contribution in [-0.4, -0.2) is 5.91 Å². The summed E-state index contributed by atoms with van der Waals surface area (Å²) in [6.07, 6.45) is 0.984. The minimum absolute atomic E-state index is 0.00217. The Morgan fingerprint density at radius 2 is 1.67 bits per heavy atom. The molecule has 24 heavy (non-hydrogen) atoms. The third kappa shape index (κ3) is 4.13. The van der Waals surface area contributed by atoms with Crippen molar-refractivity contribution in [3.05, 3.63) is 77.6 Å². The van der Waals surface area contributed by atoms with Gasteiger partial charge in [-0.3, -0.25) is 4.79 Å². The summed E-state index contributed by atoms with van der Waals surface area (Å²) in [6.45, 7) is 4.05. The summed E-state index contributed by atoms with van der Waals surface area (Å²) in [5, 5.41) is 2.95. The van der Waals surface area contributed by atoms with Gasteiger partial charge in [0.1, 0.15) is 11.5 Å². The molecule has 0 saturated heterocycles. The molecule has 3 rings (SSSR count). The topological polar surface area (TPSA) is 42.2 Å². The zero-order valence-electron chi connectivity index (χ0n) is 14.0. The van der Waals surface area contributed by atoms with Crippen molar-refractivity contribution in [1.29, 1.82) is 0 Å². The van der Waals surface area contributed by atoms with Crippen LogP contribution in [0.25, 0.3) is 11.3 Å². The van der Waals surface area contributed by atoms with Crippen LogP contribution >= 0.6 is 0 Å². The predicted molar refractivity (Wildman–Crippen MR) is 97.0 cm³/mol. The van der Waals surface area contributed by atoms with E-state index >= 15 is 0 Å². The van der Waals surface area contributed by atoms with Gasteiger partial charge in [0.15, 0.2) is 0 Å². The number of amides is 1. The first-order valence-electron chi connectivity index (χ1n) is 8.12. The maximum Gasteiger partial charge on any atom is 0.224 e. The summed E-state index contributed by atoms with van der Waals surface area (Å²) in [4.78, 5) is 12.1. The first-order chi connectivity index (χ1) is 11.6. The molecule has 0 aliphatic carbocycles. The zero-order chi connectivity index (χ0) is 16.9. The number of rotatable bonds is 5. The highest BCUT2D eigenvalue weighted by Gasteiger charge is 2.08. The molecule has 0 bridgehead atoms. The highest BCUT2D eigenvalue weighted by molar-refractivity contribution is 5.91. The third-order valence-electron chi connectivity index (χ3n) is 3.82. The highest BCUT2D eigenvalue weighted by atomic mass is 16.3. The van der Waals surface area contributed by atoms with E-state index in [0.717, 1.165) is 33.9 Å². The summed E-state index contributed by atoms with van der Waals surface area (Å²) in [6, 6.07) is 19.9. The van der Waals surface area contributed by atoms with Crippen LogP contribution in [0, 0.1) is 13.8 Å². The van der Waals surface area contributed by atoms with Crippen LogP contribution < -0.4 is 5.32 Å². The standard InChI is InChI=1S/C21H21NO2/c1-15-12-16(2)14-18(13-15)22-21(23)11-9-19-8-10-20(24-19)17-6-4-3-5-7-17/h3-8,10,12-14H,9,11H2,1-2H3,(H,22,23). The number of furan rings is 1. The molecule has 1 aromatic heterocycles. The normalized spacial score (nSPS) is 10.6. The highest BCUT2D eigenvalue weighted by Crippen LogP contribution is 2.22. The lowest BCUT2D eigenvalue weighted by molar-refractivity contribution is -0.116.